The minimum atomic E-state index is -1.18. The van der Waals surface area contributed by atoms with Crippen molar-refractivity contribution in [3.8, 4) is 5.75 Å². The Labute approximate surface area is 152 Å². The molecule has 4 amide bonds. The summed E-state index contributed by atoms with van der Waals surface area (Å²) in [6.45, 7) is 0. The fourth-order valence-electron chi connectivity index (χ4n) is 2.74. The van der Waals surface area contributed by atoms with Gasteiger partial charge in [0.2, 0.25) is 17.8 Å². The van der Waals surface area contributed by atoms with Crippen molar-refractivity contribution in [2.24, 2.45) is 5.73 Å². The molecular weight excluding hydrogens is 356 g/mol. The number of fused-ring (bicyclic) bond motifs is 1. The van der Waals surface area contributed by atoms with Crippen molar-refractivity contribution in [2.45, 2.75) is 12.3 Å². The van der Waals surface area contributed by atoms with Crippen LogP contribution in [0, 0.1) is 0 Å². The zero-order valence-corrected chi connectivity index (χ0v) is 14.2. The summed E-state index contributed by atoms with van der Waals surface area (Å²) >= 11 is 0. The number of para-hydroxylation sites is 2. The zero-order valence-electron chi connectivity index (χ0n) is 14.2. The average molecular weight is 372 g/mol. The first-order valence-corrected chi connectivity index (χ1v) is 7.83. The quantitative estimate of drug-likeness (QED) is 0.508. The molecule has 27 heavy (non-hydrogen) atoms. The highest BCUT2D eigenvalue weighted by molar-refractivity contribution is 6.04. The maximum atomic E-state index is 12.5. The van der Waals surface area contributed by atoms with Crippen molar-refractivity contribution in [1.82, 2.24) is 15.3 Å². The first kappa shape index (κ1) is 17.9. The van der Waals surface area contributed by atoms with Crippen LogP contribution in [0.15, 0.2) is 29.1 Å². The summed E-state index contributed by atoms with van der Waals surface area (Å²) < 4.78 is 5.21. The number of primary amides is 1. The van der Waals surface area contributed by atoms with Gasteiger partial charge < -0.3 is 21.1 Å². The molecule has 3 rings (SSSR count). The van der Waals surface area contributed by atoms with Crippen LogP contribution in [0.3, 0.4) is 0 Å². The van der Waals surface area contributed by atoms with E-state index in [9.17, 15) is 19.2 Å². The molecule has 1 aliphatic rings. The number of H-pyrrole nitrogens is 1. The second-order valence-electron chi connectivity index (χ2n) is 5.66. The molecule has 0 fully saturated rings. The fourth-order valence-corrected chi connectivity index (χ4v) is 2.74. The van der Waals surface area contributed by atoms with E-state index in [4.69, 9.17) is 10.5 Å². The molecule has 1 atom stereocenters. The van der Waals surface area contributed by atoms with Crippen LogP contribution >= 0.6 is 0 Å². The Bertz CT molecular complexity index is 986. The number of benzene rings is 1. The van der Waals surface area contributed by atoms with E-state index in [1.807, 2.05) is 5.32 Å². The van der Waals surface area contributed by atoms with Gasteiger partial charge in [0, 0.05) is 6.42 Å². The van der Waals surface area contributed by atoms with Gasteiger partial charge in [-0.2, -0.15) is 4.98 Å². The highest BCUT2D eigenvalue weighted by Gasteiger charge is 2.35. The van der Waals surface area contributed by atoms with Crippen molar-refractivity contribution < 1.29 is 19.1 Å². The zero-order chi connectivity index (χ0) is 19.6. The lowest BCUT2D eigenvalue weighted by Gasteiger charge is -2.23. The molecule has 2 heterocycles. The summed E-state index contributed by atoms with van der Waals surface area (Å²) in [4.78, 5) is 54.1. The number of carbonyl (C=O) groups is 3. The minimum absolute atomic E-state index is 0.0412. The summed E-state index contributed by atoms with van der Waals surface area (Å²) in [6, 6.07) is 5.87. The summed E-state index contributed by atoms with van der Waals surface area (Å²) in [7, 11) is 1.49. The number of aromatic amines is 1. The number of hydrogen-bond acceptors (Lipinski definition) is 7. The van der Waals surface area contributed by atoms with E-state index in [0.717, 1.165) is 0 Å². The number of nitrogens with zero attached hydrogens (tertiary/aromatic N) is 1. The van der Waals surface area contributed by atoms with Crippen LogP contribution in [-0.2, 0) is 9.59 Å². The van der Waals surface area contributed by atoms with Gasteiger partial charge in [0.1, 0.15) is 11.6 Å². The second kappa shape index (κ2) is 7.15. The highest BCUT2D eigenvalue weighted by atomic mass is 16.5. The van der Waals surface area contributed by atoms with Gasteiger partial charge in [-0.05, 0) is 12.1 Å². The first-order valence-electron chi connectivity index (χ1n) is 7.83. The van der Waals surface area contributed by atoms with E-state index >= 15 is 0 Å². The van der Waals surface area contributed by atoms with Gasteiger partial charge in [-0.3, -0.25) is 24.7 Å². The number of amides is 4. The third-order valence-corrected chi connectivity index (χ3v) is 3.87. The molecule has 0 unspecified atom stereocenters. The molecule has 2 aromatic rings. The predicted octanol–water partition coefficient (Wildman–Crippen LogP) is 0.143. The lowest BCUT2D eigenvalue weighted by Crippen LogP contribution is -2.43. The summed E-state index contributed by atoms with van der Waals surface area (Å²) in [5.41, 5.74) is 4.78. The largest absolute Gasteiger partial charge is 0.495 e. The monoisotopic (exact) mass is 372 g/mol. The van der Waals surface area contributed by atoms with Crippen LogP contribution < -0.4 is 32.0 Å². The molecule has 1 aromatic carbocycles. The molecule has 11 heteroatoms. The van der Waals surface area contributed by atoms with Crippen molar-refractivity contribution in [1.29, 1.82) is 0 Å². The second-order valence-corrected chi connectivity index (χ2v) is 5.66. The van der Waals surface area contributed by atoms with Crippen molar-refractivity contribution in [2.75, 3.05) is 17.7 Å². The van der Waals surface area contributed by atoms with Gasteiger partial charge in [0.25, 0.3) is 5.56 Å². The summed E-state index contributed by atoms with van der Waals surface area (Å²) in [6.07, 6.45) is -0.309. The van der Waals surface area contributed by atoms with Gasteiger partial charge in [0.15, 0.2) is 0 Å². The Kier molecular flexibility index (Phi) is 4.75. The molecule has 0 saturated heterocycles. The van der Waals surface area contributed by atoms with Crippen LogP contribution in [0.4, 0.5) is 22.2 Å². The van der Waals surface area contributed by atoms with E-state index in [-0.39, 0.29) is 23.8 Å². The molecule has 0 saturated carbocycles. The summed E-state index contributed by atoms with van der Waals surface area (Å²) in [5.74, 6) is -2.07. The first-order chi connectivity index (χ1) is 12.9. The van der Waals surface area contributed by atoms with Gasteiger partial charge in [-0.1, -0.05) is 12.1 Å². The third kappa shape index (κ3) is 3.71. The molecular formula is C16H16N6O5. The van der Waals surface area contributed by atoms with Crippen LogP contribution in [0.1, 0.15) is 17.9 Å². The normalized spacial score (nSPS) is 15.3. The number of imide groups is 1. The summed E-state index contributed by atoms with van der Waals surface area (Å²) in [5, 5.41) is 7.22. The van der Waals surface area contributed by atoms with E-state index < -0.39 is 29.3 Å². The lowest BCUT2D eigenvalue weighted by atomic mass is 9.92. The lowest BCUT2D eigenvalue weighted by molar-refractivity contribution is -0.125. The predicted molar refractivity (Wildman–Crippen MR) is 94.8 cm³/mol. The van der Waals surface area contributed by atoms with Crippen LogP contribution in [0.2, 0.25) is 0 Å². The number of nitrogens with one attached hydrogen (secondary N) is 4. The van der Waals surface area contributed by atoms with Crippen molar-refractivity contribution >= 4 is 35.3 Å². The van der Waals surface area contributed by atoms with E-state index in [1.54, 1.807) is 24.3 Å². The Morgan fingerprint density at radius 1 is 1.30 bits per heavy atom. The average Bonchev–Trinajstić information content (AvgIpc) is 2.60. The Balaban J connectivity index is 1.99. The SMILES string of the molecule is COc1ccccc1Nc1nc2c(c(=O)[nH]1)[C@@H](C(=O)NC(N)=O)CC(=O)N2. The van der Waals surface area contributed by atoms with Gasteiger partial charge >= 0.3 is 6.03 Å². The highest BCUT2D eigenvalue weighted by Crippen LogP contribution is 2.30. The number of hydrogen-bond donors (Lipinski definition) is 5. The van der Waals surface area contributed by atoms with Gasteiger partial charge in [0.05, 0.1) is 24.3 Å². The van der Waals surface area contributed by atoms with E-state index in [2.05, 4.69) is 20.6 Å². The number of ether oxygens (including phenoxy) is 1. The molecule has 140 valence electrons. The van der Waals surface area contributed by atoms with Gasteiger partial charge in [-0.15, -0.1) is 0 Å². The Hall–Kier alpha value is -3.89. The number of urea groups is 1. The molecule has 1 aliphatic heterocycles. The minimum Gasteiger partial charge on any atom is -0.495 e. The van der Waals surface area contributed by atoms with Crippen molar-refractivity contribution in [3.05, 3.63) is 40.2 Å². The standard InChI is InChI=1S/C16H16N6O5/c1-27-9-5-3-2-4-8(9)18-16-20-12-11(14(25)22-16)7(6-10(23)19-12)13(24)21-15(17)26/h2-5,7H,6H2,1H3,(H3,17,21,24,26)(H3,18,19,20,22,23,25)/t7-/m0/s1. The van der Waals surface area contributed by atoms with E-state index in [1.165, 1.54) is 7.11 Å². The number of aromatic nitrogens is 2. The van der Waals surface area contributed by atoms with Crippen LogP contribution in [0.5, 0.6) is 5.75 Å². The number of methoxy groups -OCH3 is 1. The molecule has 0 bridgehead atoms. The molecule has 1 aromatic heterocycles. The van der Waals surface area contributed by atoms with Gasteiger partial charge in [-0.25, -0.2) is 4.79 Å². The molecule has 0 aliphatic carbocycles. The Morgan fingerprint density at radius 2 is 2.04 bits per heavy atom. The number of nitrogens with two attached hydrogens (primary N) is 1. The molecule has 11 nitrogen and oxygen atoms in total. The van der Waals surface area contributed by atoms with Crippen LogP contribution in [-0.4, -0.2) is 34.9 Å². The Morgan fingerprint density at radius 3 is 2.74 bits per heavy atom. The molecule has 6 N–H and O–H groups in total. The number of anilines is 3. The van der Waals surface area contributed by atoms with Crippen molar-refractivity contribution in [3.63, 3.8) is 0 Å². The smallest absolute Gasteiger partial charge is 0.318 e. The number of carbonyl (C=O) groups excluding carboxylic acids is 3. The fraction of sp³-hybridized carbons (Fsp3) is 0.188. The van der Waals surface area contributed by atoms with E-state index in [0.29, 0.717) is 11.4 Å². The molecule has 0 spiro atoms. The van der Waals surface area contributed by atoms with Crippen LogP contribution in [0.25, 0.3) is 0 Å². The number of rotatable bonds is 4. The topological polar surface area (TPSA) is 168 Å². The molecule has 0 radical (unpaired) electrons. The maximum Gasteiger partial charge on any atom is 0.318 e. The third-order valence-electron chi connectivity index (χ3n) is 3.87. The maximum absolute atomic E-state index is 12.5.